The molecule has 6 heteroatoms. The van der Waals surface area contributed by atoms with Crippen molar-refractivity contribution in [1.82, 2.24) is 20.1 Å². The minimum Gasteiger partial charge on any atom is -0.313 e. The molecule has 94 valence electrons. The molecular weight excluding hydrogens is 240 g/mol. The molecule has 0 amide bonds. The lowest BCUT2D eigenvalue weighted by atomic mass is 10.1. The van der Waals surface area contributed by atoms with Gasteiger partial charge in [-0.3, -0.25) is 0 Å². The average Bonchev–Trinajstić information content (AvgIpc) is 2.93. The van der Waals surface area contributed by atoms with E-state index in [9.17, 15) is 5.26 Å². The average molecular weight is 252 g/mol. The molecule has 1 aromatic heterocycles. The second-order valence-corrected chi connectivity index (χ2v) is 3.87. The van der Waals surface area contributed by atoms with Gasteiger partial charge in [0.05, 0.1) is 11.3 Å². The molecule has 0 saturated heterocycles. The van der Waals surface area contributed by atoms with Crippen LogP contribution in [-0.4, -0.2) is 21.3 Å². The first-order valence-electron chi connectivity index (χ1n) is 5.84. The van der Waals surface area contributed by atoms with Crippen molar-refractivity contribution in [2.75, 3.05) is 6.54 Å². The van der Waals surface area contributed by atoms with Crippen molar-refractivity contribution in [3.8, 4) is 17.8 Å². The zero-order valence-electron chi connectivity index (χ0n) is 10.5. The van der Waals surface area contributed by atoms with Gasteiger partial charge in [-0.1, -0.05) is 13.0 Å². The van der Waals surface area contributed by atoms with E-state index in [1.165, 1.54) is 11.0 Å². The number of benzene rings is 1. The maximum atomic E-state index is 9.20. The van der Waals surface area contributed by atoms with E-state index in [0.29, 0.717) is 17.8 Å². The van der Waals surface area contributed by atoms with Crippen LogP contribution in [-0.2, 0) is 6.54 Å². The van der Waals surface area contributed by atoms with Crippen LogP contribution in [0, 0.1) is 22.7 Å². The second-order valence-electron chi connectivity index (χ2n) is 3.87. The standard InChI is InChI=1S/C13H12N6/c1-2-16-8-10-3-4-12(11(5-10)6-14)19-9-17-13(7-15)18-19/h3-5,9,16H,2,8H2,1H3. The van der Waals surface area contributed by atoms with Crippen molar-refractivity contribution >= 4 is 0 Å². The van der Waals surface area contributed by atoms with Crippen molar-refractivity contribution in [2.45, 2.75) is 13.5 Å². The molecule has 6 nitrogen and oxygen atoms in total. The van der Waals surface area contributed by atoms with Gasteiger partial charge in [-0.05, 0) is 24.2 Å². The van der Waals surface area contributed by atoms with Gasteiger partial charge >= 0.3 is 0 Å². The predicted molar refractivity (Wildman–Crippen MR) is 68.2 cm³/mol. The molecule has 1 N–H and O–H groups in total. The fraction of sp³-hybridized carbons (Fsp3) is 0.231. The molecule has 0 aliphatic carbocycles. The Kier molecular flexibility index (Phi) is 3.87. The Labute approximate surface area is 110 Å². The van der Waals surface area contributed by atoms with E-state index >= 15 is 0 Å². The van der Waals surface area contributed by atoms with Crippen molar-refractivity contribution in [3.63, 3.8) is 0 Å². The van der Waals surface area contributed by atoms with Gasteiger partial charge in [-0.2, -0.15) is 10.5 Å². The molecule has 0 radical (unpaired) electrons. The summed E-state index contributed by atoms with van der Waals surface area (Å²) in [4.78, 5) is 3.83. The van der Waals surface area contributed by atoms with Crippen molar-refractivity contribution in [1.29, 1.82) is 10.5 Å². The molecule has 0 bridgehead atoms. The number of nitriles is 2. The highest BCUT2D eigenvalue weighted by Gasteiger charge is 2.08. The molecule has 2 aromatic rings. The van der Waals surface area contributed by atoms with Crippen LogP contribution in [0.1, 0.15) is 23.9 Å². The molecule has 1 aromatic carbocycles. The molecule has 0 aliphatic rings. The monoisotopic (exact) mass is 252 g/mol. The number of nitrogens with one attached hydrogen (secondary N) is 1. The van der Waals surface area contributed by atoms with Crippen LogP contribution in [0.2, 0.25) is 0 Å². The lowest BCUT2D eigenvalue weighted by Crippen LogP contribution is -2.12. The maximum Gasteiger partial charge on any atom is 0.252 e. The van der Waals surface area contributed by atoms with E-state index in [4.69, 9.17) is 5.26 Å². The second kappa shape index (κ2) is 5.76. The van der Waals surface area contributed by atoms with Crippen molar-refractivity contribution < 1.29 is 0 Å². The molecule has 1 heterocycles. The molecule has 0 atom stereocenters. The molecule has 0 saturated carbocycles. The summed E-state index contributed by atoms with van der Waals surface area (Å²) in [6.45, 7) is 3.61. The highest BCUT2D eigenvalue weighted by Crippen LogP contribution is 2.15. The zero-order chi connectivity index (χ0) is 13.7. The van der Waals surface area contributed by atoms with E-state index in [2.05, 4.69) is 21.5 Å². The maximum absolute atomic E-state index is 9.20. The molecular formula is C13H12N6. The first kappa shape index (κ1) is 12.7. The minimum atomic E-state index is 0.0839. The van der Waals surface area contributed by atoms with Crippen LogP contribution in [0.4, 0.5) is 0 Å². The summed E-state index contributed by atoms with van der Waals surface area (Å²) in [7, 11) is 0. The fourth-order valence-electron chi connectivity index (χ4n) is 1.68. The number of hydrogen-bond acceptors (Lipinski definition) is 5. The molecule has 2 rings (SSSR count). The SMILES string of the molecule is CCNCc1ccc(-n2cnc(C#N)n2)c(C#N)c1. The molecule has 19 heavy (non-hydrogen) atoms. The Morgan fingerprint density at radius 1 is 1.32 bits per heavy atom. The van der Waals surface area contributed by atoms with E-state index in [1.54, 1.807) is 6.07 Å². The Hall–Kier alpha value is -2.70. The molecule has 0 fully saturated rings. The van der Waals surface area contributed by atoms with Gasteiger partial charge in [0.15, 0.2) is 0 Å². The van der Waals surface area contributed by atoms with Crippen molar-refractivity contribution in [3.05, 3.63) is 41.5 Å². The Bertz CT molecular complexity index is 659. The highest BCUT2D eigenvalue weighted by atomic mass is 15.3. The Balaban J connectivity index is 2.36. The normalized spacial score (nSPS) is 9.84. The summed E-state index contributed by atoms with van der Waals surface area (Å²) >= 11 is 0. The van der Waals surface area contributed by atoms with E-state index in [-0.39, 0.29) is 5.82 Å². The first-order valence-corrected chi connectivity index (χ1v) is 5.84. The van der Waals surface area contributed by atoms with Gasteiger partial charge in [0.1, 0.15) is 18.5 Å². The lowest BCUT2D eigenvalue weighted by Gasteiger charge is -2.06. The van der Waals surface area contributed by atoms with Crippen molar-refractivity contribution in [2.24, 2.45) is 0 Å². The summed E-state index contributed by atoms with van der Waals surface area (Å²) in [5.41, 5.74) is 2.16. The van der Waals surface area contributed by atoms with Gasteiger partial charge in [0, 0.05) is 6.54 Å². The fourth-order valence-corrected chi connectivity index (χ4v) is 1.68. The van der Waals surface area contributed by atoms with Crippen LogP contribution in [0.3, 0.4) is 0 Å². The molecule has 0 spiro atoms. The van der Waals surface area contributed by atoms with Gasteiger partial charge in [-0.15, -0.1) is 5.10 Å². The Morgan fingerprint density at radius 3 is 2.79 bits per heavy atom. The van der Waals surface area contributed by atoms with Gasteiger partial charge in [0.2, 0.25) is 0 Å². The van der Waals surface area contributed by atoms with E-state index < -0.39 is 0 Å². The third-order valence-corrected chi connectivity index (χ3v) is 2.60. The van der Waals surface area contributed by atoms with Crippen LogP contribution < -0.4 is 5.32 Å². The first-order chi connectivity index (χ1) is 9.28. The Morgan fingerprint density at radius 2 is 2.16 bits per heavy atom. The molecule has 0 aliphatic heterocycles. The third kappa shape index (κ3) is 2.76. The summed E-state index contributed by atoms with van der Waals surface area (Å²) in [5, 5.41) is 25.1. The quantitative estimate of drug-likeness (QED) is 0.880. The highest BCUT2D eigenvalue weighted by molar-refractivity contribution is 5.50. The molecule has 0 unspecified atom stereocenters. The van der Waals surface area contributed by atoms with Crippen LogP contribution >= 0.6 is 0 Å². The largest absolute Gasteiger partial charge is 0.313 e. The smallest absolute Gasteiger partial charge is 0.252 e. The summed E-state index contributed by atoms with van der Waals surface area (Å²) in [5.74, 6) is 0.0839. The number of rotatable bonds is 4. The van der Waals surface area contributed by atoms with Gasteiger partial charge in [-0.25, -0.2) is 9.67 Å². The lowest BCUT2D eigenvalue weighted by molar-refractivity contribution is 0.726. The zero-order valence-corrected chi connectivity index (χ0v) is 10.5. The topological polar surface area (TPSA) is 90.3 Å². The summed E-state index contributed by atoms with van der Waals surface area (Å²) in [6, 6.07) is 9.54. The van der Waals surface area contributed by atoms with Gasteiger partial charge in [0.25, 0.3) is 5.82 Å². The summed E-state index contributed by atoms with van der Waals surface area (Å²) in [6.07, 6.45) is 1.43. The number of aromatic nitrogens is 3. The van der Waals surface area contributed by atoms with E-state index in [0.717, 1.165) is 12.1 Å². The van der Waals surface area contributed by atoms with E-state index in [1.807, 2.05) is 25.1 Å². The third-order valence-electron chi connectivity index (χ3n) is 2.60. The minimum absolute atomic E-state index is 0.0839. The van der Waals surface area contributed by atoms with Crippen LogP contribution in [0.15, 0.2) is 24.5 Å². The number of nitrogens with zero attached hydrogens (tertiary/aromatic N) is 5. The van der Waals surface area contributed by atoms with Crippen LogP contribution in [0.25, 0.3) is 5.69 Å². The van der Waals surface area contributed by atoms with Crippen LogP contribution in [0.5, 0.6) is 0 Å². The summed E-state index contributed by atoms with van der Waals surface area (Å²) < 4.78 is 1.44. The number of hydrogen-bond donors (Lipinski definition) is 1. The van der Waals surface area contributed by atoms with Gasteiger partial charge < -0.3 is 5.32 Å². The predicted octanol–water partition coefficient (Wildman–Crippen LogP) is 1.12.